The summed E-state index contributed by atoms with van der Waals surface area (Å²) in [5.74, 6) is 1.54. The molecule has 5 heteroatoms. The van der Waals surface area contributed by atoms with Gasteiger partial charge in [0.1, 0.15) is 0 Å². The van der Waals surface area contributed by atoms with Crippen molar-refractivity contribution in [1.29, 1.82) is 0 Å². The predicted octanol–water partition coefficient (Wildman–Crippen LogP) is 2.01. The standard InChI is InChI=1S/C11H12N2O2S/c1-16-7-9-12-11(15-13-9)10(14)8-5-3-2-4-6-8/h2-6,10,14H,7H2,1H3. The monoisotopic (exact) mass is 236 g/mol. The Hall–Kier alpha value is -1.33. The van der Waals surface area contributed by atoms with Crippen LogP contribution in [0.3, 0.4) is 0 Å². The van der Waals surface area contributed by atoms with Crippen LogP contribution in [0, 0.1) is 0 Å². The molecule has 1 aromatic heterocycles. The second-order valence-electron chi connectivity index (χ2n) is 3.30. The van der Waals surface area contributed by atoms with Gasteiger partial charge < -0.3 is 9.63 Å². The van der Waals surface area contributed by atoms with E-state index in [1.165, 1.54) is 0 Å². The zero-order valence-corrected chi connectivity index (χ0v) is 9.65. The first kappa shape index (κ1) is 11.2. The molecule has 0 bridgehead atoms. The summed E-state index contributed by atoms with van der Waals surface area (Å²) < 4.78 is 5.01. The Bertz CT molecular complexity index is 444. The molecule has 1 atom stereocenters. The molecule has 0 spiro atoms. The van der Waals surface area contributed by atoms with E-state index in [-0.39, 0.29) is 5.89 Å². The van der Waals surface area contributed by atoms with Crippen molar-refractivity contribution in [3.63, 3.8) is 0 Å². The molecule has 0 radical (unpaired) electrons. The molecule has 1 N–H and O–H groups in total. The summed E-state index contributed by atoms with van der Waals surface area (Å²) in [4.78, 5) is 4.13. The molecule has 1 heterocycles. The average molecular weight is 236 g/mol. The fraction of sp³-hybridized carbons (Fsp3) is 0.273. The van der Waals surface area contributed by atoms with Gasteiger partial charge in [-0.05, 0) is 11.8 Å². The van der Waals surface area contributed by atoms with Crippen LogP contribution in [0.25, 0.3) is 0 Å². The Morgan fingerprint density at radius 1 is 1.38 bits per heavy atom. The van der Waals surface area contributed by atoms with E-state index in [9.17, 15) is 5.11 Å². The number of nitrogens with zero attached hydrogens (tertiary/aromatic N) is 2. The highest BCUT2D eigenvalue weighted by atomic mass is 32.2. The largest absolute Gasteiger partial charge is 0.378 e. The van der Waals surface area contributed by atoms with Gasteiger partial charge in [0.05, 0.1) is 5.75 Å². The molecular weight excluding hydrogens is 224 g/mol. The molecule has 0 fully saturated rings. The lowest BCUT2D eigenvalue weighted by atomic mass is 10.1. The van der Waals surface area contributed by atoms with Gasteiger partial charge in [0.2, 0.25) is 0 Å². The Morgan fingerprint density at radius 3 is 2.81 bits per heavy atom. The van der Waals surface area contributed by atoms with Gasteiger partial charge in [-0.3, -0.25) is 0 Å². The normalized spacial score (nSPS) is 12.6. The van der Waals surface area contributed by atoms with Gasteiger partial charge in [-0.2, -0.15) is 16.7 Å². The lowest BCUT2D eigenvalue weighted by Gasteiger charge is -2.04. The minimum atomic E-state index is -0.843. The summed E-state index contributed by atoms with van der Waals surface area (Å²) in [7, 11) is 0. The van der Waals surface area contributed by atoms with Crippen LogP contribution in [0.5, 0.6) is 0 Å². The molecule has 0 aliphatic rings. The summed E-state index contributed by atoms with van der Waals surface area (Å²) in [6.07, 6.45) is 1.12. The van der Waals surface area contributed by atoms with Crippen LogP contribution >= 0.6 is 11.8 Å². The first-order valence-electron chi connectivity index (χ1n) is 4.85. The third-order valence-corrected chi connectivity index (χ3v) is 2.65. The van der Waals surface area contributed by atoms with Crippen LogP contribution < -0.4 is 0 Å². The molecule has 0 saturated carbocycles. The number of hydrogen-bond donors (Lipinski definition) is 1. The first-order valence-corrected chi connectivity index (χ1v) is 6.25. The van der Waals surface area contributed by atoms with E-state index in [1.54, 1.807) is 11.8 Å². The molecule has 0 aliphatic heterocycles. The van der Waals surface area contributed by atoms with Gasteiger partial charge in [0.25, 0.3) is 5.89 Å². The highest BCUT2D eigenvalue weighted by Crippen LogP contribution is 2.20. The van der Waals surface area contributed by atoms with E-state index >= 15 is 0 Å². The first-order chi connectivity index (χ1) is 7.81. The fourth-order valence-corrected chi connectivity index (χ4v) is 1.72. The van der Waals surface area contributed by atoms with Crippen molar-refractivity contribution in [3.05, 3.63) is 47.6 Å². The average Bonchev–Trinajstić information content (AvgIpc) is 2.78. The van der Waals surface area contributed by atoms with E-state index in [4.69, 9.17) is 4.52 Å². The predicted molar refractivity (Wildman–Crippen MR) is 62.0 cm³/mol. The number of hydrogen-bond acceptors (Lipinski definition) is 5. The molecule has 4 nitrogen and oxygen atoms in total. The van der Waals surface area contributed by atoms with Gasteiger partial charge in [0, 0.05) is 0 Å². The smallest absolute Gasteiger partial charge is 0.260 e. The number of benzene rings is 1. The van der Waals surface area contributed by atoms with Gasteiger partial charge >= 0.3 is 0 Å². The van der Waals surface area contributed by atoms with Crippen molar-refractivity contribution in [1.82, 2.24) is 10.1 Å². The maximum Gasteiger partial charge on any atom is 0.260 e. The minimum Gasteiger partial charge on any atom is -0.378 e. The van der Waals surface area contributed by atoms with Crippen LogP contribution in [0.2, 0.25) is 0 Å². The van der Waals surface area contributed by atoms with Gasteiger partial charge in [-0.15, -0.1) is 0 Å². The zero-order valence-electron chi connectivity index (χ0n) is 8.83. The van der Waals surface area contributed by atoms with Crippen molar-refractivity contribution in [3.8, 4) is 0 Å². The molecule has 84 valence electrons. The molecule has 16 heavy (non-hydrogen) atoms. The summed E-state index contributed by atoms with van der Waals surface area (Å²) in [6, 6.07) is 9.25. The fourth-order valence-electron chi connectivity index (χ4n) is 1.34. The van der Waals surface area contributed by atoms with E-state index in [1.807, 2.05) is 36.6 Å². The van der Waals surface area contributed by atoms with Gasteiger partial charge in [0.15, 0.2) is 11.9 Å². The highest BCUT2D eigenvalue weighted by Gasteiger charge is 2.17. The third-order valence-electron chi connectivity index (χ3n) is 2.11. The topological polar surface area (TPSA) is 59.2 Å². The summed E-state index contributed by atoms with van der Waals surface area (Å²) in [5.41, 5.74) is 0.752. The Morgan fingerprint density at radius 2 is 2.12 bits per heavy atom. The third kappa shape index (κ3) is 2.43. The van der Waals surface area contributed by atoms with Crippen molar-refractivity contribution >= 4 is 11.8 Å². The maximum atomic E-state index is 9.97. The molecule has 0 amide bonds. The van der Waals surface area contributed by atoms with Crippen molar-refractivity contribution in [2.24, 2.45) is 0 Å². The molecular formula is C11H12N2O2S. The number of aliphatic hydroxyl groups is 1. The zero-order chi connectivity index (χ0) is 11.4. The van der Waals surface area contributed by atoms with Crippen LogP contribution in [-0.4, -0.2) is 21.5 Å². The SMILES string of the molecule is CSCc1noc(C(O)c2ccccc2)n1. The molecule has 1 aromatic carbocycles. The lowest BCUT2D eigenvalue weighted by molar-refractivity contribution is 0.170. The van der Waals surface area contributed by atoms with Gasteiger partial charge in [-0.25, -0.2) is 0 Å². The quantitative estimate of drug-likeness (QED) is 0.880. The van der Waals surface area contributed by atoms with E-state index < -0.39 is 6.10 Å². The van der Waals surface area contributed by atoms with Crippen LogP contribution in [-0.2, 0) is 5.75 Å². The van der Waals surface area contributed by atoms with E-state index in [0.29, 0.717) is 11.6 Å². The summed E-state index contributed by atoms with van der Waals surface area (Å²) in [5, 5.41) is 13.8. The van der Waals surface area contributed by atoms with E-state index in [0.717, 1.165) is 5.56 Å². The lowest BCUT2D eigenvalue weighted by Crippen LogP contribution is -1.99. The molecule has 1 unspecified atom stereocenters. The Kier molecular flexibility index (Phi) is 3.58. The van der Waals surface area contributed by atoms with Crippen LogP contribution in [0.1, 0.15) is 23.4 Å². The molecule has 2 aromatic rings. The Labute approximate surface area is 97.7 Å². The summed E-state index contributed by atoms with van der Waals surface area (Å²) in [6.45, 7) is 0. The van der Waals surface area contributed by atoms with Crippen LogP contribution in [0.4, 0.5) is 0 Å². The van der Waals surface area contributed by atoms with E-state index in [2.05, 4.69) is 10.1 Å². The number of thioether (sulfide) groups is 1. The number of rotatable bonds is 4. The minimum absolute atomic E-state index is 0.246. The second-order valence-corrected chi connectivity index (χ2v) is 4.16. The van der Waals surface area contributed by atoms with Crippen LogP contribution in [0.15, 0.2) is 34.9 Å². The highest BCUT2D eigenvalue weighted by molar-refractivity contribution is 7.97. The second kappa shape index (κ2) is 5.14. The molecule has 2 rings (SSSR count). The summed E-state index contributed by atoms with van der Waals surface area (Å²) >= 11 is 1.61. The molecule has 0 aliphatic carbocycles. The van der Waals surface area contributed by atoms with Crippen molar-refractivity contribution in [2.75, 3.05) is 6.26 Å². The number of aromatic nitrogens is 2. The number of aliphatic hydroxyl groups excluding tert-OH is 1. The van der Waals surface area contributed by atoms with Crippen molar-refractivity contribution in [2.45, 2.75) is 11.9 Å². The Balaban J connectivity index is 2.17. The van der Waals surface area contributed by atoms with Gasteiger partial charge in [-0.1, -0.05) is 35.5 Å². The van der Waals surface area contributed by atoms with Crippen molar-refractivity contribution < 1.29 is 9.63 Å². The maximum absolute atomic E-state index is 9.97. The molecule has 0 saturated heterocycles.